The lowest BCUT2D eigenvalue weighted by Gasteiger charge is -2.30. The van der Waals surface area contributed by atoms with Gasteiger partial charge in [0.15, 0.2) is 0 Å². The summed E-state index contributed by atoms with van der Waals surface area (Å²) in [6.07, 6.45) is 8.26. The Morgan fingerprint density at radius 3 is 3.04 bits per heavy atom. The minimum Gasteiger partial charge on any atom is -0.372 e. The summed E-state index contributed by atoms with van der Waals surface area (Å²) < 4.78 is 7.81. The van der Waals surface area contributed by atoms with Gasteiger partial charge in [0, 0.05) is 32.1 Å². The molecule has 3 heterocycles. The number of rotatable bonds is 3. The van der Waals surface area contributed by atoms with Gasteiger partial charge in [0.1, 0.15) is 11.6 Å². The van der Waals surface area contributed by atoms with E-state index in [0.717, 1.165) is 24.1 Å². The second-order valence-electron chi connectivity index (χ2n) is 6.21. The number of carbonyl (C=O) groups is 1. The Morgan fingerprint density at radius 1 is 1.32 bits per heavy atom. The number of nitrogens with one attached hydrogen (secondary N) is 1. The molecule has 0 aliphatic carbocycles. The smallest absolute Gasteiger partial charge is 0.253 e. The number of carbonyl (C=O) groups excluding carboxylic acids is 1. The Hall–Kier alpha value is -2.80. The average Bonchev–Trinajstić information content (AvgIpc) is 3.07. The summed E-state index contributed by atoms with van der Waals surface area (Å²) in [6.45, 7) is 0.607. The van der Waals surface area contributed by atoms with Crippen LogP contribution >= 0.6 is 0 Å². The van der Waals surface area contributed by atoms with E-state index in [9.17, 15) is 4.79 Å². The molecule has 0 saturated carbocycles. The van der Waals surface area contributed by atoms with E-state index >= 15 is 0 Å². The molecule has 2 aromatic heterocycles. The van der Waals surface area contributed by atoms with Gasteiger partial charge in [0.25, 0.3) is 5.91 Å². The van der Waals surface area contributed by atoms with Gasteiger partial charge in [0.2, 0.25) is 0 Å². The van der Waals surface area contributed by atoms with Crippen LogP contribution < -0.4 is 5.32 Å². The molecule has 1 aliphatic rings. The lowest BCUT2D eigenvalue weighted by Crippen LogP contribution is -2.40. The minimum absolute atomic E-state index is 0.0491. The van der Waals surface area contributed by atoms with Crippen molar-refractivity contribution in [2.24, 2.45) is 7.05 Å². The minimum atomic E-state index is -0.123. The van der Waals surface area contributed by atoms with Crippen molar-refractivity contribution in [1.82, 2.24) is 24.8 Å². The highest BCUT2D eigenvalue weighted by Gasteiger charge is 2.27. The number of para-hydroxylation sites is 1. The first-order valence-electron chi connectivity index (χ1n) is 8.31. The Morgan fingerprint density at radius 2 is 2.20 bits per heavy atom. The molecule has 7 heteroatoms. The summed E-state index contributed by atoms with van der Waals surface area (Å²) in [5.41, 5.74) is 2.91. The number of amides is 1. The molecule has 1 aliphatic heterocycles. The number of nitrogens with zero attached hydrogens (tertiary/aromatic N) is 4. The van der Waals surface area contributed by atoms with Crippen molar-refractivity contribution in [3.05, 3.63) is 54.4 Å². The van der Waals surface area contributed by atoms with Gasteiger partial charge in [-0.2, -0.15) is 0 Å². The monoisotopic (exact) mass is 337 g/mol. The molecule has 0 unspecified atom stereocenters. The number of hydrogen-bond donors (Lipinski definition) is 1. The zero-order chi connectivity index (χ0) is 17.2. The van der Waals surface area contributed by atoms with E-state index in [1.807, 2.05) is 29.9 Å². The number of hydrogen-bond acceptors (Lipinski definition) is 5. The van der Waals surface area contributed by atoms with Crippen LogP contribution in [0.2, 0.25) is 0 Å². The van der Waals surface area contributed by atoms with Crippen LogP contribution in [-0.4, -0.2) is 38.1 Å². The maximum atomic E-state index is 12.7. The first kappa shape index (κ1) is 15.7. The summed E-state index contributed by atoms with van der Waals surface area (Å²) >= 11 is 0. The third-order valence-corrected chi connectivity index (χ3v) is 4.55. The Bertz CT molecular complexity index is 902. The van der Waals surface area contributed by atoms with Gasteiger partial charge in [-0.3, -0.25) is 14.8 Å². The van der Waals surface area contributed by atoms with E-state index < -0.39 is 0 Å². The van der Waals surface area contributed by atoms with Crippen LogP contribution in [-0.2, 0) is 11.8 Å². The maximum Gasteiger partial charge on any atom is 0.253 e. The molecule has 128 valence electrons. The molecule has 3 aromatic rings. The Labute approximate surface area is 145 Å². The zero-order valence-corrected chi connectivity index (χ0v) is 13.9. The van der Waals surface area contributed by atoms with Crippen LogP contribution in [0.5, 0.6) is 0 Å². The number of benzene rings is 1. The second-order valence-corrected chi connectivity index (χ2v) is 6.21. The number of imidazole rings is 1. The fourth-order valence-electron chi connectivity index (χ4n) is 3.25. The van der Waals surface area contributed by atoms with E-state index in [-0.39, 0.29) is 18.1 Å². The van der Waals surface area contributed by atoms with E-state index in [2.05, 4.69) is 20.3 Å². The van der Waals surface area contributed by atoms with Crippen LogP contribution in [0.3, 0.4) is 0 Å². The number of ether oxygens (including phenoxy) is 1. The van der Waals surface area contributed by atoms with Crippen LogP contribution in [0.1, 0.15) is 35.0 Å². The fraction of sp³-hybridized carbons (Fsp3) is 0.333. The highest BCUT2D eigenvalue weighted by molar-refractivity contribution is 6.04. The van der Waals surface area contributed by atoms with Gasteiger partial charge in [-0.05, 0) is 25.0 Å². The second kappa shape index (κ2) is 6.60. The third-order valence-electron chi connectivity index (χ3n) is 4.55. The SMILES string of the molecule is Cn1cncc1[C@H]1C[C@@H](NC(=O)c2cccc3nccnc23)CCO1. The van der Waals surface area contributed by atoms with E-state index in [1.165, 1.54) is 0 Å². The third kappa shape index (κ3) is 3.10. The molecular weight excluding hydrogens is 318 g/mol. The molecule has 4 rings (SSSR count). The first-order chi connectivity index (χ1) is 12.2. The number of fused-ring (bicyclic) bond motifs is 1. The van der Waals surface area contributed by atoms with Crippen molar-refractivity contribution in [1.29, 1.82) is 0 Å². The lowest BCUT2D eigenvalue weighted by molar-refractivity contribution is -0.00300. The molecule has 1 saturated heterocycles. The molecule has 7 nitrogen and oxygen atoms in total. The Balaban J connectivity index is 1.51. The summed E-state index contributed by atoms with van der Waals surface area (Å²) in [7, 11) is 1.95. The molecule has 1 fully saturated rings. The molecule has 0 bridgehead atoms. The standard InChI is InChI=1S/C18H19N5O2/c1-23-11-19-10-15(23)16-9-12(5-8-25-16)22-18(24)13-3-2-4-14-17(13)21-7-6-20-14/h2-4,6-7,10-12,16H,5,8-9H2,1H3,(H,22,24)/t12-,16+/m0/s1. The van der Waals surface area contributed by atoms with E-state index in [4.69, 9.17) is 4.74 Å². The predicted octanol–water partition coefficient (Wildman–Crippen LogP) is 2.01. The maximum absolute atomic E-state index is 12.7. The Kier molecular flexibility index (Phi) is 4.15. The van der Waals surface area contributed by atoms with Crippen LogP contribution in [0.25, 0.3) is 11.0 Å². The molecule has 1 N–H and O–H groups in total. The van der Waals surface area contributed by atoms with E-state index in [0.29, 0.717) is 17.7 Å². The highest BCUT2D eigenvalue weighted by atomic mass is 16.5. The zero-order valence-electron chi connectivity index (χ0n) is 13.9. The van der Waals surface area contributed by atoms with Crippen molar-refractivity contribution in [3.8, 4) is 0 Å². The van der Waals surface area contributed by atoms with Crippen molar-refractivity contribution in [3.63, 3.8) is 0 Å². The summed E-state index contributed by atoms with van der Waals surface area (Å²) in [5, 5.41) is 3.12. The largest absolute Gasteiger partial charge is 0.372 e. The molecule has 2 atom stereocenters. The molecule has 0 radical (unpaired) electrons. The molecule has 1 amide bonds. The topological polar surface area (TPSA) is 81.9 Å². The normalized spacial score (nSPS) is 20.5. The van der Waals surface area contributed by atoms with Crippen LogP contribution in [0.4, 0.5) is 0 Å². The van der Waals surface area contributed by atoms with Crippen LogP contribution in [0.15, 0.2) is 43.1 Å². The fourth-order valence-corrected chi connectivity index (χ4v) is 3.25. The van der Waals surface area contributed by atoms with E-state index in [1.54, 1.807) is 24.8 Å². The molecule has 25 heavy (non-hydrogen) atoms. The van der Waals surface area contributed by atoms with Gasteiger partial charge in [0.05, 0.1) is 29.3 Å². The van der Waals surface area contributed by atoms with Crippen molar-refractivity contribution in [2.45, 2.75) is 25.0 Å². The quantitative estimate of drug-likeness (QED) is 0.791. The molecule has 1 aromatic carbocycles. The number of aromatic nitrogens is 4. The molecule has 0 spiro atoms. The molecular formula is C18H19N5O2. The summed E-state index contributed by atoms with van der Waals surface area (Å²) in [5.74, 6) is -0.123. The van der Waals surface area contributed by atoms with Crippen molar-refractivity contribution in [2.75, 3.05) is 6.61 Å². The van der Waals surface area contributed by atoms with Gasteiger partial charge in [-0.1, -0.05) is 6.07 Å². The number of aryl methyl sites for hydroxylation is 1. The van der Waals surface area contributed by atoms with Gasteiger partial charge in [-0.15, -0.1) is 0 Å². The lowest BCUT2D eigenvalue weighted by atomic mass is 10.0. The summed E-state index contributed by atoms with van der Waals surface area (Å²) in [4.78, 5) is 25.5. The highest BCUT2D eigenvalue weighted by Crippen LogP contribution is 2.28. The van der Waals surface area contributed by atoms with Crippen LogP contribution in [0, 0.1) is 0 Å². The van der Waals surface area contributed by atoms with Crippen molar-refractivity contribution < 1.29 is 9.53 Å². The predicted molar refractivity (Wildman–Crippen MR) is 91.9 cm³/mol. The summed E-state index contributed by atoms with van der Waals surface area (Å²) in [6, 6.07) is 5.51. The average molecular weight is 337 g/mol. The van der Waals surface area contributed by atoms with Gasteiger partial charge >= 0.3 is 0 Å². The first-order valence-corrected chi connectivity index (χ1v) is 8.31. The van der Waals surface area contributed by atoms with Gasteiger partial charge < -0.3 is 14.6 Å². The van der Waals surface area contributed by atoms with Gasteiger partial charge in [-0.25, -0.2) is 4.98 Å². The van der Waals surface area contributed by atoms with Crippen molar-refractivity contribution >= 4 is 16.9 Å².